The van der Waals surface area contributed by atoms with Crippen molar-refractivity contribution in [2.75, 3.05) is 27.7 Å². The molecule has 0 saturated heterocycles. The molecule has 1 fully saturated rings. The number of likely N-dealkylation sites (N-methyl/N-ethyl adjacent to an activating group) is 1. The maximum Gasteiger partial charge on any atom is 0.470 e. The normalized spacial score (nSPS) is 24.4. The van der Waals surface area contributed by atoms with Crippen molar-refractivity contribution in [3.63, 3.8) is 0 Å². The van der Waals surface area contributed by atoms with Crippen LogP contribution < -0.4 is 5.11 Å². The Balaban J connectivity index is 0.00000136. The van der Waals surface area contributed by atoms with Gasteiger partial charge in [0.2, 0.25) is 0 Å². The number of rotatable bonds is 19. The third-order valence-corrected chi connectivity index (χ3v) is 8.50. The molecule has 1 atom stereocenters. The zero-order chi connectivity index (χ0) is 41.5. The van der Waals surface area contributed by atoms with Crippen molar-refractivity contribution in [1.29, 1.82) is 0 Å². The molecule has 1 unspecified atom stereocenters. The maximum atomic E-state index is 11.4. The molecule has 0 radical (unpaired) electrons. The minimum Gasteiger partial charge on any atom is -0.550 e. The molecule has 0 heterocycles. The van der Waals surface area contributed by atoms with Crippen LogP contribution in [0.25, 0.3) is 0 Å². The van der Waals surface area contributed by atoms with Gasteiger partial charge in [0.25, 0.3) is 0 Å². The van der Waals surface area contributed by atoms with Crippen LogP contribution in [0.3, 0.4) is 0 Å². The van der Waals surface area contributed by atoms with Crippen LogP contribution in [0.1, 0.15) is 26.2 Å². The van der Waals surface area contributed by atoms with Gasteiger partial charge in [0, 0.05) is 18.8 Å². The summed E-state index contributed by atoms with van der Waals surface area (Å²) in [7, 11) is -30.4. The van der Waals surface area contributed by atoms with Gasteiger partial charge in [-0.25, -0.2) is 27.4 Å². The van der Waals surface area contributed by atoms with E-state index in [2.05, 4.69) is 27.1 Å². The smallest absolute Gasteiger partial charge is 0.470 e. The quantitative estimate of drug-likeness (QED) is 0.0339. The lowest BCUT2D eigenvalue weighted by atomic mass is 9.85. The van der Waals surface area contributed by atoms with E-state index in [-0.39, 0.29) is 12.4 Å². The van der Waals surface area contributed by atoms with Crippen molar-refractivity contribution in [3.8, 4) is 0 Å². The fourth-order valence-corrected chi connectivity index (χ4v) is 7.52. The highest BCUT2D eigenvalue weighted by Crippen LogP contribution is 2.57. The molecular weight excluding hydrogens is 852 g/mol. The number of carboxylic acids is 1. The molecule has 1 aliphatic rings. The number of carboxylic acid groups (broad SMARTS) is 1. The van der Waals surface area contributed by atoms with Gasteiger partial charge in [-0.1, -0.05) is 6.92 Å². The zero-order valence-electron chi connectivity index (χ0n) is 26.9. The molecule has 0 spiro atoms. The summed E-state index contributed by atoms with van der Waals surface area (Å²) in [5.41, 5.74) is 0. The van der Waals surface area contributed by atoms with Crippen molar-refractivity contribution in [2.24, 2.45) is 0 Å². The second kappa shape index (κ2) is 19.6. The number of hydrogen-bond donors (Lipinski definition) is 12. The summed E-state index contributed by atoms with van der Waals surface area (Å²) in [5, 5.41) is 10.5. The summed E-state index contributed by atoms with van der Waals surface area (Å²) >= 11 is 0. The summed E-state index contributed by atoms with van der Waals surface area (Å²) < 4.78 is 98.8. The van der Waals surface area contributed by atoms with Gasteiger partial charge in [-0.3, -0.25) is 31.9 Å². The number of phosphoric ester groups is 6. The number of nitrogens with zero attached hydrogens (tertiary/aromatic N) is 1. The number of hydrogen-bond acceptors (Lipinski definition) is 16. The van der Waals surface area contributed by atoms with Gasteiger partial charge in [-0.15, -0.1) is 0 Å². The Bertz CT molecular complexity index is 1250. The average molecular weight is 891 g/mol. The van der Waals surface area contributed by atoms with E-state index in [1.165, 1.54) is 0 Å². The number of esters is 1. The number of carbonyl (C=O) groups is 2. The van der Waals surface area contributed by atoms with Crippen LogP contribution in [0.2, 0.25) is 0 Å². The standard InChI is InChI=1S/C11H21NO4.C6H18O24P6/c1-5-6-11(15)16-9(7-10(13)14)8-12(2,3)4;7-31(8,9)25-1-2(26-32(10,11)12)4(28-34(16,17)18)6(30-36(22,23)24)5(29-35(19,20)21)3(1)27-33(13,14)15/h9H,5-8H2,1-4H3;1-6H,(H2,7,8,9)(H2,10,11,12)(H2,13,14,15)(H2,16,17,18)(H2,19,20,21)(H2,22,23,24). The number of ether oxygens (including phenoxy) is 1. The lowest BCUT2D eigenvalue weighted by molar-refractivity contribution is -0.873. The molecule has 12 N–H and O–H groups in total. The lowest BCUT2D eigenvalue weighted by Crippen LogP contribution is -2.66. The van der Waals surface area contributed by atoms with E-state index in [1.54, 1.807) is 0 Å². The number of aliphatic carboxylic acids is 1. The van der Waals surface area contributed by atoms with Crippen LogP contribution in [0.4, 0.5) is 0 Å². The molecule has 29 nitrogen and oxygen atoms in total. The van der Waals surface area contributed by atoms with Crippen LogP contribution in [0.15, 0.2) is 0 Å². The topological polar surface area (TPSA) is 467 Å². The minimum atomic E-state index is -6.02. The van der Waals surface area contributed by atoms with Crippen LogP contribution in [-0.2, 0) is 68.9 Å². The van der Waals surface area contributed by atoms with Crippen LogP contribution in [0.5, 0.6) is 0 Å². The van der Waals surface area contributed by atoms with Gasteiger partial charge >= 0.3 is 52.9 Å². The summed E-state index contributed by atoms with van der Waals surface area (Å²) in [6, 6.07) is 0. The molecule has 0 amide bonds. The predicted octanol–water partition coefficient (Wildman–Crippen LogP) is -3.59. The molecule has 52 heavy (non-hydrogen) atoms. The van der Waals surface area contributed by atoms with Gasteiger partial charge in [0.15, 0.2) is 6.10 Å². The predicted molar refractivity (Wildman–Crippen MR) is 159 cm³/mol. The molecule has 0 aromatic rings. The van der Waals surface area contributed by atoms with E-state index in [0.29, 0.717) is 23.9 Å². The first-order chi connectivity index (χ1) is 22.8. The summed E-state index contributed by atoms with van der Waals surface area (Å²) in [6.07, 6.45) is -18.7. The fraction of sp³-hybridized carbons (Fsp3) is 0.882. The van der Waals surface area contributed by atoms with Gasteiger partial charge in [-0.05, 0) is 6.42 Å². The Labute approximate surface area is 292 Å². The van der Waals surface area contributed by atoms with E-state index in [4.69, 9.17) is 63.5 Å². The van der Waals surface area contributed by atoms with E-state index >= 15 is 0 Å². The molecule has 1 aliphatic carbocycles. The van der Waals surface area contributed by atoms with Crippen LogP contribution in [-0.4, -0.2) is 146 Å². The summed E-state index contributed by atoms with van der Waals surface area (Å²) in [6.45, 7) is 2.33. The highest BCUT2D eigenvalue weighted by molar-refractivity contribution is 7.47. The monoisotopic (exact) mass is 891 g/mol. The van der Waals surface area contributed by atoms with Gasteiger partial charge in [-0.2, -0.15) is 0 Å². The molecule has 1 saturated carbocycles. The fourth-order valence-electron chi connectivity index (χ4n) is 4.18. The summed E-state index contributed by atoms with van der Waals surface area (Å²) in [5.74, 6) is -1.54. The van der Waals surface area contributed by atoms with Gasteiger partial charge in [0.1, 0.15) is 43.2 Å². The Kier molecular flexibility index (Phi) is 19.5. The van der Waals surface area contributed by atoms with Crippen molar-refractivity contribution >= 4 is 58.9 Å². The van der Waals surface area contributed by atoms with Crippen LogP contribution >= 0.6 is 46.9 Å². The average Bonchev–Trinajstić information content (AvgIpc) is 2.80. The van der Waals surface area contributed by atoms with Gasteiger partial charge < -0.3 is 77.8 Å². The van der Waals surface area contributed by atoms with Crippen molar-refractivity contribution in [1.82, 2.24) is 0 Å². The molecule has 35 heteroatoms. The van der Waals surface area contributed by atoms with Gasteiger partial charge in [0.05, 0.1) is 21.1 Å². The molecule has 0 aromatic carbocycles. The highest BCUT2D eigenvalue weighted by Gasteiger charge is 2.62. The van der Waals surface area contributed by atoms with E-state index in [0.717, 1.165) is 0 Å². The third-order valence-electron chi connectivity index (χ3n) is 5.39. The number of carbonyl (C=O) groups excluding carboxylic acids is 2. The Morgan fingerprint density at radius 3 is 0.942 bits per heavy atom. The first kappa shape index (κ1) is 51.6. The third kappa shape index (κ3) is 24.2. The number of quaternary nitrogens is 1. The Morgan fingerprint density at radius 1 is 0.558 bits per heavy atom. The Hall–Kier alpha value is -0.440. The minimum absolute atomic E-state index is 0.245. The number of phosphoric acid groups is 6. The Morgan fingerprint density at radius 2 is 0.788 bits per heavy atom. The second-order valence-electron chi connectivity index (χ2n) is 11.3. The van der Waals surface area contributed by atoms with Crippen molar-refractivity contribution in [2.45, 2.75) is 68.9 Å². The largest absolute Gasteiger partial charge is 0.550 e. The first-order valence-electron chi connectivity index (χ1n) is 13.4. The van der Waals surface area contributed by atoms with E-state index < -0.39 is 95.6 Å². The molecule has 0 bridgehead atoms. The molecule has 0 aromatic heterocycles. The van der Waals surface area contributed by atoms with Crippen LogP contribution in [0, 0.1) is 0 Å². The van der Waals surface area contributed by atoms with Crippen molar-refractivity contribution in [3.05, 3.63) is 0 Å². The lowest BCUT2D eigenvalue weighted by Gasteiger charge is -2.48. The summed E-state index contributed by atoms with van der Waals surface area (Å²) in [4.78, 5) is 131. The van der Waals surface area contributed by atoms with E-state index in [1.807, 2.05) is 28.1 Å². The molecular formula is C17H39NO28P6. The molecule has 1 rings (SSSR count). The zero-order valence-corrected chi connectivity index (χ0v) is 32.3. The van der Waals surface area contributed by atoms with E-state index in [9.17, 15) is 42.1 Å². The SMILES string of the molecule is CCCC(=O)OC(CC(=O)[O-])C[N+](C)(C)C.O=P(O)(O)OC1C(OP(=O)(O)O)C(OP(=O)(O)O)C(OP(=O)(O)O)C(OP(=O)(O)O)C1OP(=O)(O)O. The maximum absolute atomic E-state index is 11.4. The molecule has 310 valence electrons. The molecule has 0 aliphatic heterocycles. The highest BCUT2D eigenvalue weighted by atomic mass is 31.2. The first-order valence-corrected chi connectivity index (χ1v) is 22.6. The van der Waals surface area contributed by atoms with Crippen molar-refractivity contribution < 1.29 is 137 Å². The second-order valence-corrected chi connectivity index (χ2v) is 18.4.